The summed E-state index contributed by atoms with van der Waals surface area (Å²) in [6.07, 6.45) is 3.41. The first-order valence-electron chi connectivity index (χ1n) is 8.33. The molecule has 3 heterocycles. The largest absolute Gasteiger partial charge is 0.347 e. The third-order valence-corrected chi connectivity index (χ3v) is 6.23. The van der Waals surface area contributed by atoms with Gasteiger partial charge in [-0.2, -0.15) is 4.72 Å². The zero-order chi connectivity index (χ0) is 17.4. The molecule has 0 bridgehead atoms. The number of fused-ring (bicyclic) bond motifs is 2. The van der Waals surface area contributed by atoms with Crippen LogP contribution in [0.15, 0.2) is 29.2 Å². The van der Waals surface area contributed by atoms with E-state index in [0.29, 0.717) is 17.8 Å². The molecule has 9 heteroatoms. The van der Waals surface area contributed by atoms with Crippen LogP contribution in [0.2, 0.25) is 0 Å². The van der Waals surface area contributed by atoms with E-state index < -0.39 is 16.1 Å². The van der Waals surface area contributed by atoms with Crippen molar-refractivity contribution < 1.29 is 13.2 Å². The van der Waals surface area contributed by atoms with Crippen LogP contribution in [0.5, 0.6) is 0 Å². The molecule has 1 amide bonds. The van der Waals surface area contributed by atoms with Gasteiger partial charge in [-0.3, -0.25) is 4.79 Å². The average Bonchev–Trinajstić information content (AvgIpc) is 3.02. The number of nitrogens with one attached hydrogen (secondary N) is 2. The van der Waals surface area contributed by atoms with E-state index in [1.807, 2.05) is 4.57 Å². The molecule has 132 valence electrons. The van der Waals surface area contributed by atoms with Crippen molar-refractivity contribution >= 4 is 15.9 Å². The summed E-state index contributed by atoms with van der Waals surface area (Å²) in [6.45, 7) is 1.10. The van der Waals surface area contributed by atoms with Crippen LogP contribution in [0.3, 0.4) is 0 Å². The molecule has 0 aliphatic carbocycles. The molecule has 0 saturated carbocycles. The van der Waals surface area contributed by atoms with Crippen molar-refractivity contribution in [2.75, 3.05) is 0 Å². The van der Waals surface area contributed by atoms with Crippen molar-refractivity contribution in [1.82, 2.24) is 24.8 Å². The van der Waals surface area contributed by atoms with Crippen LogP contribution in [-0.4, -0.2) is 35.1 Å². The monoisotopic (exact) mass is 361 g/mol. The molecule has 0 spiro atoms. The second-order valence-electron chi connectivity index (χ2n) is 6.34. The maximum Gasteiger partial charge on any atom is 0.241 e. The minimum Gasteiger partial charge on any atom is -0.347 e. The molecule has 2 N–H and O–H groups in total. The molecule has 0 radical (unpaired) electrons. The molecule has 2 aromatic rings. The van der Waals surface area contributed by atoms with E-state index in [4.69, 9.17) is 0 Å². The Morgan fingerprint density at radius 1 is 1.28 bits per heavy atom. The molecule has 8 nitrogen and oxygen atoms in total. The fourth-order valence-corrected chi connectivity index (χ4v) is 4.83. The quantitative estimate of drug-likeness (QED) is 0.809. The molecule has 2 aliphatic heterocycles. The van der Waals surface area contributed by atoms with Gasteiger partial charge in [0.25, 0.3) is 0 Å². The van der Waals surface area contributed by atoms with Crippen molar-refractivity contribution in [2.24, 2.45) is 0 Å². The number of aromatic nitrogens is 3. The molecule has 25 heavy (non-hydrogen) atoms. The SMILES string of the molecule is O=C(NCc1nnc2n1CCCC2)[C@H]1Cc2ccccc2S(=O)(=O)N1. The third-order valence-electron chi connectivity index (χ3n) is 4.66. The molecular formula is C16H19N5O3S. The lowest BCUT2D eigenvalue weighted by atomic mass is 10.1. The lowest BCUT2D eigenvalue weighted by Crippen LogP contribution is -2.50. The van der Waals surface area contributed by atoms with Gasteiger partial charge in [0, 0.05) is 13.0 Å². The normalized spacial score (nSPS) is 21.2. The van der Waals surface area contributed by atoms with Gasteiger partial charge in [0.15, 0.2) is 5.82 Å². The topological polar surface area (TPSA) is 106 Å². The highest BCUT2D eigenvalue weighted by Gasteiger charge is 2.33. The summed E-state index contributed by atoms with van der Waals surface area (Å²) in [5, 5.41) is 11.1. The Kier molecular flexibility index (Phi) is 4.04. The van der Waals surface area contributed by atoms with Crippen molar-refractivity contribution in [1.29, 1.82) is 0 Å². The Bertz CT molecular complexity index is 922. The van der Waals surface area contributed by atoms with Crippen molar-refractivity contribution in [3.8, 4) is 0 Å². The highest BCUT2D eigenvalue weighted by molar-refractivity contribution is 7.89. The summed E-state index contributed by atoms with van der Waals surface area (Å²) >= 11 is 0. The fraction of sp³-hybridized carbons (Fsp3) is 0.438. The van der Waals surface area contributed by atoms with Gasteiger partial charge in [0.05, 0.1) is 11.4 Å². The summed E-state index contributed by atoms with van der Waals surface area (Å²) in [7, 11) is -3.67. The summed E-state index contributed by atoms with van der Waals surface area (Å²) in [4.78, 5) is 12.7. The van der Waals surface area contributed by atoms with Gasteiger partial charge in [0.2, 0.25) is 15.9 Å². The van der Waals surface area contributed by atoms with E-state index in [0.717, 1.165) is 31.6 Å². The number of nitrogens with zero attached hydrogens (tertiary/aromatic N) is 3. The van der Waals surface area contributed by atoms with Crippen LogP contribution in [0.4, 0.5) is 0 Å². The number of sulfonamides is 1. The first-order chi connectivity index (χ1) is 12.0. The maximum atomic E-state index is 12.5. The predicted octanol–water partition coefficient (Wildman–Crippen LogP) is 0.134. The van der Waals surface area contributed by atoms with Gasteiger partial charge in [-0.1, -0.05) is 18.2 Å². The number of rotatable bonds is 3. The van der Waals surface area contributed by atoms with Crippen LogP contribution in [0.25, 0.3) is 0 Å². The van der Waals surface area contributed by atoms with Crippen molar-refractivity contribution in [3.05, 3.63) is 41.5 Å². The van der Waals surface area contributed by atoms with E-state index in [2.05, 4.69) is 20.2 Å². The first-order valence-corrected chi connectivity index (χ1v) is 9.82. The molecule has 0 fully saturated rings. The van der Waals surface area contributed by atoms with Crippen LogP contribution in [-0.2, 0) is 40.7 Å². The Morgan fingerprint density at radius 2 is 2.12 bits per heavy atom. The van der Waals surface area contributed by atoms with Crippen molar-refractivity contribution in [3.63, 3.8) is 0 Å². The molecule has 1 aromatic carbocycles. The maximum absolute atomic E-state index is 12.5. The number of aryl methyl sites for hydroxylation is 1. The fourth-order valence-electron chi connectivity index (χ4n) is 3.38. The van der Waals surface area contributed by atoms with Gasteiger partial charge in [-0.15, -0.1) is 10.2 Å². The Balaban J connectivity index is 1.47. The average molecular weight is 361 g/mol. The summed E-state index contributed by atoms with van der Waals surface area (Å²) in [6, 6.07) is 5.92. The smallest absolute Gasteiger partial charge is 0.241 e. The third kappa shape index (κ3) is 3.05. The molecule has 4 rings (SSSR count). The number of benzene rings is 1. The van der Waals surface area contributed by atoms with Crippen LogP contribution in [0, 0.1) is 0 Å². The lowest BCUT2D eigenvalue weighted by Gasteiger charge is -2.25. The predicted molar refractivity (Wildman–Crippen MR) is 89.1 cm³/mol. The minimum atomic E-state index is -3.67. The van der Waals surface area contributed by atoms with Gasteiger partial charge < -0.3 is 9.88 Å². The highest BCUT2D eigenvalue weighted by Crippen LogP contribution is 2.22. The van der Waals surface area contributed by atoms with Gasteiger partial charge >= 0.3 is 0 Å². The molecule has 0 saturated heterocycles. The van der Waals surface area contributed by atoms with E-state index >= 15 is 0 Å². The van der Waals surface area contributed by atoms with Crippen LogP contribution >= 0.6 is 0 Å². The Labute approximate surface area is 145 Å². The van der Waals surface area contributed by atoms with Gasteiger partial charge in [-0.25, -0.2) is 8.42 Å². The van der Waals surface area contributed by atoms with Crippen molar-refractivity contribution in [2.45, 2.75) is 49.7 Å². The van der Waals surface area contributed by atoms with E-state index in [1.54, 1.807) is 24.3 Å². The molecule has 1 aromatic heterocycles. The second-order valence-corrected chi connectivity index (χ2v) is 8.03. The number of hydrogen-bond donors (Lipinski definition) is 2. The summed E-state index contributed by atoms with van der Waals surface area (Å²) in [5.41, 5.74) is 0.654. The summed E-state index contributed by atoms with van der Waals surface area (Å²) in [5.74, 6) is 1.30. The van der Waals surface area contributed by atoms with Crippen LogP contribution < -0.4 is 10.0 Å². The zero-order valence-corrected chi connectivity index (χ0v) is 14.4. The second kappa shape index (κ2) is 6.23. The standard InChI is InChI=1S/C16H19N5O3S/c22-16(17-10-15-19-18-14-7-3-4-8-21(14)15)12-9-11-5-1-2-6-13(11)25(23,24)20-12/h1-2,5-6,12,20H,3-4,7-10H2,(H,17,22)/t12-/m1/s1. The van der Waals surface area contributed by atoms with E-state index in [-0.39, 0.29) is 17.3 Å². The number of carbonyl (C=O) groups excluding carboxylic acids is 1. The molecule has 1 atom stereocenters. The number of hydrogen-bond acceptors (Lipinski definition) is 5. The molecule has 0 unspecified atom stereocenters. The molecular weight excluding hydrogens is 342 g/mol. The molecule has 2 aliphatic rings. The van der Waals surface area contributed by atoms with E-state index in [9.17, 15) is 13.2 Å². The zero-order valence-electron chi connectivity index (χ0n) is 13.6. The summed E-state index contributed by atoms with van der Waals surface area (Å²) < 4.78 is 29.1. The minimum absolute atomic E-state index is 0.241. The lowest BCUT2D eigenvalue weighted by molar-refractivity contribution is -0.123. The number of carbonyl (C=O) groups is 1. The van der Waals surface area contributed by atoms with Gasteiger partial charge in [-0.05, 0) is 30.9 Å². The highest BCUT2D eigenvalue weighted by atomic mass is 32.2. The van der Waals surface area contributed by atoms with E-state index in [1.165, 1.54) is 0 Å². The number of amides is 1. The Morgan fingerprint density at radius 3 is 3.00 bits per heavy atom. The first kappa shape index (κ1) is 16.2. The van der Waals surface area contributed by atoms with Crippen LogP contribution in [0.1, 0.15) is 30.1 Å². The van der Waals surface area contributed by atoms with Gasteiger partial charge in [0.1, 0.15) is 11.9 Å². The Hall–Kier alpha value is -2.26.